The van der Waals surface area contributed by atoms with Crippen molar-refractivity contribution in [3.8, 4) is 0 Å². The maximum Gasteiger partial charge on any atom is 0.325 e. The Morgan fingerprint density at radius 3 is 2.31 bits per heavy atom. The highest BCUT2D eigenvalue weighted by atomic mass is 35.5. The molecule has 0 saturated heterocycles. The average molecular weight is 433 g/mol. The third-order valence-corrected chi connectivity index (χ3v) is 5.02. The minimum absolute atomic E-state index is 0.0166. The van der Waals surface area contributed by atoms with Gasteiger partial charge in [0.05, 0.1) is 14.9 Å². The van der Waals surface area contributed by atoms with Gasteiger partial charge in [-0.05, 0) is 48.1 Å². The summed E-state index contributed by atoms with van der Waals surface area (Å²) in [6.07, 6.45) is 0. The number of hydrogen-bond acceptors (Lipinski definition) is 4. The molecule has 0 aliphatic carbocycles. The molecule has 0 saturated carbocycles. The van der Waals surface area contributed by atoms with E-state index in [1.54, 1.807) is 24.3 Å². The molecule has 138 valence electrons. The fourth-order valence-electron chi connectivity index (χ4n) is 1.86. The van der Waals surface area contributed by atoms with Gasteiger partial charge in [-0.25, -0.2) is 18.4 Å². The molecule has 0 aliphatic heterocycles. The number of nitrogens with one attached hydrogen (secondary N) is 3. The lowest BCUT2D eigenvalue weighted by Crippen LogP contribution is -2.41. The van der Waals surface area contributed by atoms with Gasteiger partial charge in [0.1, 0.15) is 0 Å². The van der Waals surface area contributed by atoms with Crippen molar-refractivity contribution >= 4 is 62.3 Å². The van der Waals surface area contributed by atoms with Gasteiger partial charge in [0.2, 0.25) is 10.0 Å². The number of anilines is 1. The van der Waals surface area contributed by atoms with Gasteiger partial charge in [-0.3, -0.25) is 5.32 Å². The molecule has 2 rings (SSSR count). The van der Waals surface area contributed by atoms with Gasteiger partial charge >= 0.3 is 6.03 Å². The van der Waals surface area contributed by atoms with Crippen LogP contribution in [-0.4, -0.2) is 19.6 Å². The Kier molecular flexibility index (Phi) is 6.79. The predicted octanol–water partition coefficient (Wildman–Crippen LogP) is 2.84. The normalized spacial score (nSPS) is 10.9. The topological polar surface area (TPSA) is 113 Å². The van der Waals surface area contributed by atoms with Crippen LogP contribution >= 0.6 is 35.4 Å². The Balaban J connectivity index is 1.84. The van der Waals surface area contributed by atoms with Crippen LogP contribution in [0.25, 0.3) is 0 Å². The van der Waals surface area contributed by atoms with Crippen molar-refractivity contribution in [2.75, 3.05) is 5.32 Å². The number of primary sulfonamides is 1. The Morgan fingerprint density at radius 1 is 1.08 bits per heavy atom. The number of sulfonamides is 1. The van der Waals surface area contributed by atoms with Crippen LogP contribution in [0.3, 0.4) is 0 Å². The minimum Gasteiger partial charge on any atom is -0.358 e. The second-order valence-electron chi connectivity index (χ2n) is 5.08. The minimum atomic E-state index is -3.73. The van der Waals surface area contributed by atoms with E-state index in [1.165, 1.54) is 18.2 Å². The lowest BCUT2D eigenvalue weighted by atomic mass is 10.2. The summed E-state index contributed by atoms with van der Waals surface area (Å²) in [5.74, 6) is 0. The molecule has 26 heavy (non-hydrogen) atoms. The van der Waals surface area contributed by atoms with Gasteiger partial charge in [0, 0.05) is 12.2 Å². The number of hydrogen-bond donors (Lipinski definition) is 4. The van der Waals surface area contributed by atoms with E-state index >= 15 is 0 Å². The number of carbonyl (C=O) groups is 1. The van der Waals surface area contributed by atoms with Gasteiger partial charge in [-0.1, -0.05) is 35.3 Å². The number of nitrogens with two attached hydrogens (primary N) is 1. The lowest BCUT2D eigenvalue weighted by Gasteiger charge is -2.11. The van der Waals surface area contributed by atoms with Crippen LogP contribution in [0.15, 0.2) is 47.4 Å². The van der Waals surface area contributed by atoms with Crippen LogP contribution in [0.4, 0.5) is 10.5 Å². The number of halogens is 2. The first-order valence-corrected chi connectivity index (χ1v) is 9.79. The molecule has 0 atom stereocenters. The zero-order chi connectivity index (χ0) is 19.3. The van der Waals surface area contributed by atoms with E-state index in [-0.39, 0.29) is 16.6 Å². The van der Waals surface area contributed by atoms with E-state index in [9.17, 15) is 13.2 Å². The maximum atomic E-state index is 11.9. The van der Waals surface area contributed by atoms with Crippen LogP contribution in [-0.2, 0) is 16.6 Å². The van der Waals surface area contributed by atoms with E-state index in [4.69, 9.17) is 40.6 Å². The highest BCUT2D eigenvalue weighted by molar-refractivity contribution is 7.89. The summed E-state index contributed by atoms with van der Waals surface area (Å²) in [5, 5.41) is 13.7. The van der Waals surface area contributed by atoms with Crippen LogP contribution < -0.4 is 21.1 Å². The van der Waals surface area contributed by atoms with Gasteiger partial charge < -0.3 is 10.6 Å². The SMILES string of the molecule is NS(=O)(=O)c1ccc(CNC(=S)NC(=O)Nc2ccc(Cl)c(Cl)c2)cc1. The first kappa shape index (κ1) is 20.4. The molecule has 7 nitrogen and oxygen atoms in total. The monoisotopic (exact) mass is 432 g/mol. The highest BCUT2D eigenvalue weighted by Gasteiger charge is 2.08. The molecular weight excluding hydrogens is 419 g/mol. The van der Waals surface area contributed by atoms with Crippen LogP contribution in [0.2, 0.25) is 10.0 Å². The van der Waals surface area contributed by atoms with E-state index in [1.807, 2.05) is 0 Å². The van der Waals surface area contributed by atoms with Gasteiger partial charge in [0.25, 0.3) is 0 Å². The van der Waals surface area contributed by atoms with Crippen LogP contribution in [0.5, 0.6) is 0 Å². The van der Waals surface area contributed by atoms with Crippen molar-refractivity contribution in [2.45, 2.75) is 11.4 Å². The highest BCUT2D eigenvalue weighted by Crippen LogP contribution is 2.24. The second-order valence-corrected chi connectivity index (χ2v) is 7.86. The Labute approximate surface area is 165 Å². The van der Waals surface area contributed by atoms with Gasteiger partial charge in [-0.15, -0.1) is 0 Å². The summed E-state index contributed by atoms with van der Waals surface area (Å²) >= 11 is 16.7. The molecule has 5 N–H and O–H groups in total. The van der Waals surface area contributed by atoms with Crippen molar-refractivity contribution < 1.29 is 13.2 Å². The molecule has 11 heteroatoms. The smallest absolute Gasteiger partial charge is 0.325 e. The Bertz CT molecular complexity index is 934. The standard InChI is InChI=1S/C15H14Cl2N4O3S2/c16-12-6-3-10(7-13(12)17)20-14(22)21-15(25)19-8-9-1-4-11(5-2-9)26(18,23)24/h1-7H,8H2,(H2,18,23,24)(H3,19,20,21,22,25). The number of amides is 2. The largest absolute Gasteiger partial charge is 0.358 e. The van der Waals surface area contributed by atoms with Gasteiger partial charge in [0.15, 0.2) is 5.11 Å². The zero-order valence-electron chi connectivity index (χ0n) is 13.1. The Morgan fingerprint density at radius 2 is 1.73 bits per heavy atom. The van der Waals surface area contributed by atoms with E-state index in [0.29, 0.717) is 15.7 Å². The first-order chi connectivity index (χ1) is 12.1. The fraction of sp³-hybridized carbons (Fsp3) is 0.0667. The third kappa shape index (κ3) is 6.11. The molecule has 0 spiro atoms. The fourth-order valence-corrected chi connectivity index (χ4v) is 2.84. The molecular formula is C15H14Cl2N4O3S2. The summed E-state index contributed by atoms with van der Waals surface area (Å²) in [5.41, 5.74) is 1.21. The molecule has 2 aromatic rings. The molecule has 0 bridgehead atoms. The number of benzene rings is 2. The van der Waals surface area contributed by atoms with E-state index in [0.717, 1.165) is 5.56 Å². The summed E-state index contributed by atoms with van der Waals surface area (Å²) in [4.78, 5) is 11.9. The first-order valence-electron chi connectivity index (χ1n) is 7.08. The maximum absolute atomic E-state index is 11.9. The molecule has 2 amide bonds. The predicted molar refractivity (Wildman–Crippen MR) is 106 cm³/mol. The summed E-state index contributed by atoms with van der Waals surface area (Å²) < 4.78 is 22.4. The number of carbonyl (C=O) groups excluding carboxylic acids is 1. The summed E-state index contributed by atoms with van der Waals surface area (Å²) in [6.45, 7) is 0.288. The van der Waals surface area contributed by atoms with Crippen LogP contribution in [0, 0.1) is 0 Å². The third-order valence-electron chi connectivity index (χ3n) is 3.11. The number of thiocarbonyl (C=S) groups is 1. The molecule has 0 fully saturated rings. The van der Waals surface area contributed by atoms with Crippen molar-refractivity contribution in [1.82, 2.24) is 10.6 Å². The average Bonchev–Trinajstić information content (AvgIpc) is 2.56. The van der Waals surface area contributed by atoms with Gasteiger partial charge in [-0.2, -0.15) is 0 Å². The molecule has 0 radical (unpaired) electrons. The molecule has 2 aromatic carbocycles. The second kappa shape index (κ2) is 8.65. The van der Waals surface area contributed by atoms with Crippen molar-refractivity contribution in [1.29, 1.82) is 0 Å². The molecule has 0 heterocycles. The summed E-state index contributed by atoms with van der Waals surface area (Å²) in [7, 11) is -3.73. The van der Waals surface area contributed by atoms with E-state index < -0.39 is 16.1 Å². The zero-order valence-corrected chi connectivity index (χ0v) is 16.3. The quantitative estimate of drug-likeness (QED) is 0.554. The summed E-state index contributed by atoms with van der Waals surface area (Å²) in [6, 6.07) is 10.1. The molecule has 0 unspecified atom stereocenters. The lowest BCUT2D eigenvalue weighted by molar-refractivity contribution is 0.256. The molecule has 0 aromatic heterocycles. The van der Waals surface area contributed by atoms with Crippen LogP contribution in [0.1, 0.15) is 5.56 Å². The van der Waals surface area contributed by atoms with E-state index in [2.05, 4.69) is 16.0 Å². The number of urea groups is 1. The van der Waals surface area contributed by atoms with Crippen molar-refractivity contribution in [3.63, 3.8) is 0 Å². The molecule has 0 aliphatic rings. The number of rotatable bonds is 4. The Hall–Kier alpha value is -1.91. The van der Waals surface area contributed by atoms with Crippen molar-refractivity contribution in [3.05, 3.63) is 58.1 Å². The van der Waals surface area contributed by atoms with Crippen molar-refractivity contribution in [2.24, 2.45) is 5.14 Å².